The van der Waals surface area contributed by atoms with E-state index in [9.17, 15) is 0 Å². The van der Waals surface area contributed by atoms with Crippen molar-refractivity contribution in [1.29, 1.82) is 0 Å². The third-order valence-electron chi connectivity index (χ3n) is 3.24. The smallest absolute Gasteiger partial charge is 0.119 e. The van der Waals surface area contributed by atoms with Gasteiger partial charge in [0.25, 0.3) is 0 Å². The summed E-state index contributed by atoms with van der Waals surface area (Å²) >= 11 is 0. The predicted octanol–water partition coefficient (Wildman–Crippen LogP) is 3.21. The summed E-state index contributed by atoms with van der Waals surface area (Å²) in [6, 6.07) is 15.9. The van der Waals surface area contributed by atoms with Crippen LogP contribution < -0.4 is 20.5 Å². The molecule has 2 rings (SSSR count). The van der Waals surface area contributed by atoms with Crippen LogP contribution in [0.4, 0.5) is 5.69 Å². The SMILES string of the molecule is CCOc1cccc(C(CN)Nc2ccc(OC)cc2)c1. The number of ether oxygens (including phenoxy) is 2. The molecule has 1 atom stereocenters. The molecule has 0 bridgehead atoms. The molecule has 4 nitrogen and oxygen atoms in total. The van der Waals surface area contributed by atoms with E-state index in [0.29, 0.717) is 13.2 Å². The molecule has 3 N–H and O–H groups in total. The lowest BCUT2D eigenvalue weighted by molar-refractivity contribution is 0.339. The minimum Gasteiger partial charge on any atom is -0.497 e. The summed E-state index contributed by atoms with van der Waals surface area (Å²) in [5, 5.41) is 3.43. The van der Waals surface area contributed by atoms with Crippen LogP contribution in [0.1, 0.15) is 18.5 Å². The first-order valence-electron chi connectivity index (χ1n) is 7.10. The highest BCUT2D eigenvalue weighted by molar-refractivity contribution is 5.49. The average molecular weight is 286 g/mol. The van der Waals surface area contributed by atoms with Gasteiger partial charge in [-0.15, -0.1) is 0 Å². The maximum atomic E-state index is 5.90. The highest BCUT2D eigenvalue weighted by Gasteiger charge is 2.10. The molecule has 4 heteroatoms. The van der Waals surface area contributed by atoms with Gasteiger partial charge in [0.15, 0.2) is 0 Å². The van der Waals surface area contributed by atoms with Gasteiger partial charge in [-0.05, 0) is 48.9 Å². The van der Waals surface area contributed by atoms with Crippen LogP contribution in [0.3, 0.4) is 0 Å². The van der Waals surface area contributed by atoms with Gasteiger partial charge in [-0.25, -0.2) is 0 Å². The predicted molar refractivity (Wildman–Crippen MR) is 86.0 cm³/mol. The molecule has 0 aliphatic carbocycles. The fourth-order valence-electron chi connectivity index (χ4n) is 2.15. The third-order valence-corrected chi connectivity index (χ3v) is 3.24. The summed E-state index contributed by atoms with van der Waals surface area (Å²) in [5.74, 6) is 1.70. The molecule has 2 aromatic rings. The zero-order valence-corrected chi connectivity index (χ0v) is 12.5. The van der Waals surface area contributed by atoms with Crippen LogP contribution >= 0.6 is 0 Å². The molecule has 0 aliphatic rings. The Hall–Kier alpha value is -2.20. The molecule has 0 spiro atoms. The Kier molecular flexibility index (Phi) is 5.46. The minimum atomic E-state index is 0.0406. The Morgan fingerprint density at radius 2 is 1.86 bits per heavy atom. The summed E-state index contributed by atoms with van der Waals surface area (Å²) < 4.78 is 10.7. The van der Waals surface area contributed by atoms with Crippen LogP contribution in [0, 0.1) is 0 Å². The monoisotopic (exact) mass is 286 g/mol. The van der Waals surface area contributed by atoms with Crippen molar-refractivity contribution in [1.82, 2.24) is 0 Å². The molecule has 0 radical (unpaired) electrons. The number of nitrogens with two attached hydrogens (primary N) is 1. The van der Waals surface area contributed by atoms with E-state index in [0.717, 1.165) is 22.7 Å². The van der Waals surface area contributed by atoms with Crippen molar-refractivity contribution in [2.75, 3.05) is 25.6 Å². The Balaban J connectivity index is 2.12. The molecule has 0 aliphatic heterocycles. The first-order valence-corrected chi connectivity index (χ1v) is 7.10. The summed E-state index contributed by atoms with van der Waals surface area (Å²) in [7, 11) is 1.66. The lowest BCUT2D eigenvalue weighted by Crippen LogP contribution is -2.20. The first-order chi connectivity index (χ1) is 10.3. The van der Waals surface area contributed by atoms with Gasteiger partial charge in [0.2, 0.25) is 0 Å². The van der Waals surface area contributed by atoms with Gasteiger partial charge >= 0.3 is 0 Å². The van der Waals surface area contributed by atoms with Crippen LogP contribution in [0.15, 0.2) is 48.5 Å². The maximum absolute atomic E-state index is 5.90. The van der Waals surface area contributed by atoms with Gasteiger partial charge in [0.1, 0.15) is 11.5 Å². The largest absolute Gasteiger partial charge is 0.497 e. The van der Waals surface area contributed by atoms with E-state index >= 15 is 0 Å². The Morgan fingerprint density at radius 3 is 2.48 bits per heavy atom. The van der Waals surface area contributed by atoms with Crippen LogP contribution in [0.25, 0.3) is 0 Å². The summed E-state index contributed by atoms with van der Waals surface area (Å²) in [4.78, 5) is 0. The van der Waals surface area contributed by atoms with Crippen molar-refractivity contribution in [3.05, 3.63) is 54.1 Å². The second-order valence-corrected chi connectivity index (χ2v) is 4.67. The molecule has 1 unspecified atom stereocenters. The number of nitrogens with one attached hydrogen (secondary N) is 1. The molecule has 0 aromatic heterocycles. The summed E-state index contributed by atoms with van der Waals surface area (Å²) in [6.07, 6.45) is 0. The Morgan fingerprint density at radius 1 is 1.10 bits per heavy atom. The molecule has 2 aromatic carbocycles. The second kappa shape index (κ2) is 7.55. The lowest BCUT2D eigenvalue weighted by Gasteiger charge is -2.19. The zero-order valence-electron chi connectivity index (χ0n) is 12.5. The molecule has 0 saturated heterocycles. The van der Waals surface area contributed by atoms with E-state index in [1.54, 1.807) is 7.11 Å². The lowest BCUT2D eigenvalue weighted by atomic mass is 10.1. The van der Waals surface area contributed by atoms with Gasteiger partial charge in [-0.1, -0.05) is 12.1 Å². The Bertz CT molecular complexity index is 555. The molecular weight excluding hydrogens is 264 g/mol. The first kappa shape index (κ1) is 15.2. The van der Waals surface area contributed by atoms with E-state index < -0.39 is 0 Å². The van der Waals surface area contributed by atoms with Crippen LogP contribution in [-0.2, 0) is 0 Å². The van der Waals surface area contributed by atoms with Crippen LogP contribution in [-0.4, -0.2) is 20.3 Å². The molecule has 0 saturated carbocycles. The van der Waals surface area contributed by atoms with Crippen molar-refractivity contribution in [3.8, 4) is 11.5 Å². The molecule has 112 valence electrons. The van der Waals surface area contributed by atoms with E-state index in [2.05, 4.69) is 11.4 Å². The van der Waals surface area contributed by atoms with Gasteiger partial charge in [-0.3, -0.25) is 0 Å². The van der Waals surface area contributed by atoms with Crippen molar-refractivity contribution in [2.45, 2.75) is 13.0 Å². The van der Waals surface area contributed by atoms with Gasteiger partial charge in [-0.2, -0.15) is 0 Å². The summed E-state index contributed by atoms with van der Waals surface area (Å²) in [5.41, 5.74) is 8.02. The standard InChI is InChI=1S/C17H22N2O2/c1-3-21-16-6-4-5-13(11-16)17(12-18)19-14-7-9-15(20-2)10-8-14/h4-11,17,19H,3,12,18H2,1-2H3. The average Bonchev–Trinajstić information content (AvgIpc) is 2.54. The van der Waals surface area contributed by atoms with E-state index in [-0.39, 0.29) is 6.04 Å². The fraction of sp³-hybridized carbons (Fsp3) is 0.294. The number of hydrogen-bond donors (Lipinski definition) is 2. The zero-order chi connectivity index (χ0) is 15.1. The van der Waals surface area contributed by atoms with Crippen molar-refractivity contribution in [2.24, 2.45) is 5.73 Å². The minimum absolute atomic E-state index is 0.0406. The van der Waals surface area contributed by atoms with Crippen molar-refractivity contribution < 1.29 is 9.47 Å². The van der Waals surface area contributed by atoms with Gasteiger partial charge < -0.3 is 20.5 Å². The molecule has 0 amide bonds. The number of rotatable bonds is 7. The Labute approximate surface area is 125 Å². The van der Waals surface area contributed by atoms with Gasteiger partial charge in [0, 0.05) is 12.2 Å². The number of methoxy groups -OCH3 is 1. The maximum Gasteiger partial charge on any atom is 0.119 e. The summed E-state index contributed by atoms with van der Waals surface area (Å²) in [6.45, 7) is 3.13. The van der Waals surface area contributed by atoms with E-state index in [4.69, 9.17) is 15.2 Å². The fourth-order valence-corrected chi connectivity index (χ4v) is 2.15. The number of hydrogen-bond acceptors (Lipinski definition) is 4. The highest BCUT2D eigenvalue weighted by Crippen LogP contribution is 2.24. The van der Waals surface area contributed by atoms with E-state index in [1.165, 1.54) is 0 Å². The molecular formula is C17H22N2O2. The van der Waals surface area contributed by atoms with Gasteiger partial charge in [0.05, 0.1) is 19.8 Å². The quantitative estimate of drug-likeness (QED) is 0.820. The normalized spacial score (nSPS) is 11.8. The van der Waals surface area contributed by atoms with Crippen LogP contribution in [0.2, 0.25) is 0 Å². The van der Waals surface area contributed by atoms with Crippen LogP contribution in [0.5, 0.6) is 11.5 Å². The van der Waals surface area contributed by atoms with Crippen molar-refractivity contribution in [3.63, 3.8) is 0 Å². The molecule has 0 heterocycles. The molecule has 21 heavy (non-hydrogen) atoms. The highest BCUT2D eigenvalue weighted by atomic mass is 16.5. The topological polar surface area (TPSA) is 56.5 Å². The van der Waals surface area contributed by atoms with E-state index in [1.807, 2.05) is 49.4 Å². The van der Waals surface area contributed by atoms with Crippen molar-refractivity contribution >= 4 is 5.69 Å². The molecule has 0 fully saturated rings. The second-order valence-electron chi connectivity index (χ2n) is 4.67. The number of benzene rings is 2. The number of anilines is 1. The third kappa shape index (κ3) is 4.13.